The SMILES string of the molecule is O=C1C[C@@H]2C[C@H]1[C@H]1CCC[C@H]21. The number of hydrogen-bond donors (Lipinski definition) is 0. The number of rotatable bonds is 0. The molecule has 0 saturated heterocycles. The molecule has 0 aliphatic heterocycles. The Hall–Kier alpha value is -0.330. The Morgan fingerprint density at radius 2 is 2.00 bits per heavy atom. The average molecular weight is 150 g/mol. The first-order valence-electron chi connectivity index (χ1n) is 4.89. The third kappa shape index (κ3) is 0.646. The van der Waals surface area contributed by atoms with Gasteiger partial charge in [-0.2, -0.15) is 0 Å². The van der Waals surface area contributed by atoms with Crippen LogP contribution in [-0.4, -0.2) is 5.78 Å². The first-order chi connectivity index (χ1) is 5.36. The Balaban J connectivity index is 1.95. The lowest BCUT2D eigenvalue weighted by molar-refractivity contribution is -0.123. The molecule has 60 valence electrons. The lowest BCUT2D eigenvalue weighted by Crippen LogP contribution is -2.23. The normalized spacial score (nSPS) is 53.6. The molecule has 4 atom stereocenters. The van der Waals surface area contributed by atoms with Crippen LogP contribution in [0.15, 0.2) is 0 Å². The van der Waals surface area contributed by atoms with Gasteiger partial charge in [-0.25, -0.2) is 0 Å². The van der Waals surface area contributed by atoms with E-state index in [1.165, 1.54) is 25.7 Å². The molecule has 3 aliphatic rings. The minimum Gasteiger partial charge on any atom is -0.299 e. The summed E-state index contributed by atoms with van der Waals surface area (Å²) in [7, 11) is 0. The third-order valence-electron chi connectivity index (χ3n) is 4.18. The van der Waals surface area contributed by atoms with Gasteiger partial charge in [0.15, 0.2) is 0 Å². The molecule has 0 aromatic rings. The second-order valence-electron chi connectivity index (χ2n) is 4.53. The van der Waals surface area contributed by atoms with Crippen LogP contribution in [0.1, 0.15) is 32.1 Å². The van der Waals surface area contributed by atoms with Crippen molar-refractivity contribution < 1.29 is 4.79 Å². The van der Waals surface area contributed by atoms with Crippen molar-refractivity contribution in [3.63, 3.8) is 0 Å². The summed E-state index contributed by atoms with van der Waals surface area (Å²) >= 11 is 0. The Kier molecular flexibility index (Phi) is 1.06. The minimum absolute atomic E-state index is 0.521. The van der Waals surface area contributed by atoms with Crippen LogP contribution < -0.4 is 0 Å². The largest absolute Gasteiger partial charge is 0.299 e. The van der Waals surface area contributed by atoms with Crippen molar-refractivity contribution in [3.8, 4) is 0 Å². The summed E-state index contributed by atoms with van der Waals surface area (Å²) in [6.07, 6.45) is 6.38. The van der Waals surface area contributed by atoms with Gasteiger partial charge in [0.2, 0.25) is 0 Å². The third-order valence-corrected chi connectivity index (χ3v) is 4.18. The van der Waals surface area contributed by atoms with Gasteiger partial charge in [-0.05, 0) is 37.0 Å². The van der Waals surface area contributed by atoms with Gasteiger partial charge in [0.05, 0.1) is 0 Å². The van der Waals surface area contributed by atoms with Crippen LogP contribution >= 0.6 is 0 Å². The van der Waals surface area contributed by atoms with E-state index in [1.54, 1.807) is 0 Å². The lowest BCUT2D eigenvalue weighted by atomic mass is 9.81. The van der Waals surface area contributed by atoms with Crippen LogP contribution in [0.25, 0.3) is 0 Å². The Bertz CT molecular complexity index is 209. The molecule has 1 heteroatoms. The minimum atomic E-state index is 0.521. The summed E-state index contributed by atoms with van der Waals surface area (Å²) in [5, 5.41) is 0. The predicted octanol–water partition coefficient (Wildman–Crippen LogP) is 2.01. The average Bonchev–Trinajstić information content (AvgIpc) is 2.52. The summed E-state index contributed by atoms with van der Waals surface area (Å²) < 4.78 is 0. The maximum Gasteiger partial charge on any atom is 0.136 e. The van der Waals surface area contributed by atoms with Crippen LogP contribution in [0.3, 0.4) is 0 Å². The molecular weight excluding hydrogens is 136 g/mol. The van der Waals surface area contributed by atoms with Crippen LogP contribution in [0.4, 0.5) is 0 Å². The van der Waals surface area contributed by atoms with Gasteiger partial charge < -0.3 is 0 Å². The van der Waals surface area contributed by atoms with Crippen molar-refractivity contribution in [2.45, 2.75) is 32.1 Å². The smallest absolute Gasteiger partial charge is 0.136 e. The molecule has 11 heavy (non-hydrogen) atoms. The molecule has 3 fully saturated rings. The van der Waals surface area contributed by atoms with E-state index in [-0.39, 0.29) is 0 Å². The first-order valence-corrected chi connectivity index (χ1v) is 4.89. The second kappa shape index (κ2) is 1.88. The van der Waals surface area contributed by atoms with Crippen LogP contribution in [-0.2, 0) is 4.79 Å². The van der Waals surface area contributed by atoms with Crippen molar-refractivity contribution in [1.29, 1.82) is 0 Å². The van der Waals surface area contributed by atoms with Gasteiger partial charge in [0, 0.05) is 12.3 Å². The molecule has 0 unspecified atom stereocenters. The molecule has 0 heterocycles. The fourth-order valence-electron chi connectivity index (χ4n) is 3.79. The molecule has 0 spiro atoms. The molecule has 0 amide bonds. The Morgan fingerprint density at radius 3 is 2.91 bits per heavy atom. The number of carbonyl (C=O) groups excluding carboxylic acids is 1. The molecule has 0 N–H and O–H groups in total. The lowest BCUT2D eigenvalue weighted by Gasteiger charge is -2.22. The molecule has 3 aliphatic carbocycles. The zero-order valence-electron chi connectivity index (χ0n) is 6.75. The topological polar surface area (TPSA) is 17.1 Å². The van der Waals surface area contributed by atoms with E-state index >= 15 is 0 Å². The molecule has 0 aromatic carbocycles. The van der Waals surface area contributed by atoms with E-state index in [9.17, 15) is 4.79 Å². The zero-order valence-corrected chi connectivity index (χ0v) is 6.75. The summed E-state index contributed by atoms with van der Waals surface area (Å²) in [5.41, 5.74) is 0. The van der Waals surface area contributed by atoms with Gasteiger partial charge in [-0.1, -0.05) is 6.42 Å². The maximum atomic E-state index is 11.4. The molecule has 3 rings (SSSR count). The predicted molar refractivity (Wildman–Crippen MR) is 42.1 cm³/mol. The molecule has 0 radical (unpaired) electrons. The van der Waals surface area contributed by atoms with Crippen LogP contribution in [0.2, 0.25) is 0 Å². The number of Topliss-reactive ketones (excluding diaryl/α,β-unsaturated/α-hetero) is 1. The maximum absolute atomic E-state index is 11.4. The fourth-order valence-corrected chi connectivity index (χ4v) is 3.79. The quantitative estimate of drug-likeness (QED) is 0.516. The van der Waals surface area contributed by atoms with Crippen LogP contribution in [0.5, 0.6) is 0 Å². The summed E-state index contributed by atoms with van der Waals surface area (Å²) in [5.74, 6) is 3.74. The molecule has 3 saturated carbocycles. The Morgan fingerprint density at radius 1 is 1.18 bits per heavy atom. The van der Waals surface area contributed by atoms with Crippen molar-refractivity contribution in [2.24, 2.45) is 23.7 Å². The molecular formula is C10H14O. The van der Waals surface area contributed by atoms with Crippen molar-refractivity contribution >= 4 is 5.78 Å². The molecule has 2 bridgehead atoms. The number of carbonyl (C=O) groups is 1. The Labute approximate surface area is 67.2 Å². The van der Waals surface area contributed by atoms with Crippen molar-refractivity contribution in [1.82, 2.24) is 0 Å². The van der Waals surface area contributed by atoms with Gasteiger partial charge >= 0.3 is 0 Å². The monoisotopic (exact) mass is 150 g/mol. The zero-order chi connectivity index (χ0) is 7.42. The van der Waals surface area contributed by atoms with Gasteiger partial charge in [0.1, 0.15) is 5.78 Å². The van der Waals surface area contributed by atoms with E-state index in [0.29, 0.717) is 11.7 Å². The van der Waals surface area contributed by atoms with E-state index in [2.05, 4.69) is 0 Å². The standard InChI is InChI=1S/C10H14O/c11-10-5-6-4-9(10)8-3-1-2-7(6)8/h6-9H,1-5H2/t6-,7+,8-,9-/m0/s1. The highest BCUT2D eigenvalue weighted by Crippen LogP contribution is 2.57. The molecule has 1 nitrogen and oxygen atoms in total. The summed E-state index contributed by atoms with van der Waals surface area (Å²) in [4.78, 5) is 11.4. The number of hydrogen-bond acceptors (Lipinski definition) is 1. The highest BCUT2D eigenvalue weighted by molar-refractivity contribution is 5.85. The van der Waals surface area contributed by atoms with E-state index in [0.717, 1.165) is 24.2 Å². The van der Waals surface area contributed by atoms with Crippen molar-refractivity contribution in [2.75, 3.05) is 0 Å². The van der Waals surface area contributed by atoms with Gasteiger partial charge in [-0.15, -0.1) is 0 Å². The van der Waals surface area contributed by atoms with Crippen LogP contribution in [0, 0.1) is 23.7 Å². The van der Waals surface area contributed by atoms with E-state index in [1.807, 2.05) is 0 Å². The van der Waals surface area contributed by atoms with E-state index in [4.69, 9.17) is 0 Å². The fraction of sp³-hybridized carbons (Fsp3) is 0.900. The number of fused-ring (bicyclic) bond motifs is 5. The summed E-state index contributed by atoms with van der Waals surface area (Å²) in [6, 6.07) is 0. The second-order valence-corrected chi connectivity index (χ2v) is 4.53. The van der Waals surface area contributed by atoms with Crippen molar-refractivity contribution in [3.05, 3.63) is 0 Å². The highest BCUT2D eigenvalue weighted by Gasteiger charge is 2.53. The van der Waals surface area contributed by atoms with Gasteiger partial charge in [-0.3, -0.25) is 4.79 Å². The molecule has 0 aromatic heterocycles. The van der Waals surface area contributed by atoms with Gasteiger partial charge in [0.25, 0.3) is 0 Å². The highest BCUT2D eigenvalue weighted by atomic mass is 16.1. The number of ketones is 1. The first kappa shape index (κ1) is 6.22. The summed E-state index contributed by atoms with van der Waals surface area (Å²) in [6.45, 7) is 0. The van der Waals surface area contributed by atoms with E-state index < -0.39 is 0 Å².